The van der Waals surface area contributed by atoms with Crippen molar-refractivity contribution in [3.63, 3.8) is 0 Å². The lowest BCUT2D eigenvalue weighted by atomic mass is 10.2. The van der Waals surface area contributed by atoms with Gasteiger partial charge in [-0.05, 0) is 73.2 Å². The second kappa shape index (κ2) is 14.7. The molecule has 4 rings (SSSR count). The highest BCUT2D eigenvalue weighted by Crippen LogP contribution is 2.33. The van der Waals surface area contributed by atoms with Gasteiger partial charge in [-0.15, -0.1) is 0 Å². The lowest BCUT2D eigenvalue weighted by Crippen LogP contribution is -2.39. The molecular weight excluding hydrogens is 588 g/mol. The van der Waals surface area contributed by atoms with Gasteiger partial charge in [-0.3, -0.25) is 13.9 Å². The topological polar surface area (TPSA) is 149 Å². The maximum Gasteiger partial charge on any atom is 0.264 e. The highest BCUT2D eigenvalue weighted by molar-refractivity contribution is 7.92. The van der Waals surface area contributed by atoms with Crippen molar-refractivity contribution in [2.24, 2.45) is 5.10 Å². The Kier molecular flexibility index (Phi) is 10.6. The molecule has 0 bridgehead atoms. The first kappa shape index (κ1) is 31.6. The summed E-state index contributed by atoms with van der Waals surface area (Å²) in [5.74, 6) is 0.826. The molecule has 2 amide bonds. The van der Waals surface area contributed by atoms with Crippen molar-refractivity contribution in [3.05, 3.63) is 102 Å². The van der Waals surface area contributed by atoms with Gasteiger partial charge in [0, 0.05) is 6.07 Å². The summed E-state index contributed by atoms with van der Waals surface area (Å²) in [4.78, 5) is 24.9. The molecule has 0 saturated carbocycles. The van der Waals surface area contributed by atoms with Crippen molar-refractivity contribution >= 4 is 33.7 Å². The number of rotatable bonds is 14. The summed E-state index contributed by atoms with van der Waals surface area (Å²) in [6.07, 6.45) is 2.92. The maximum absolute atomic E-state index is 13.6. The summed E-state index contributed by atoms with van der Waals surface area (Å²) in [5, 5.41) is 6.65. The fourth-order valence-corrected chi connectivity index (χ4v) is 5.34. The number of hydrazone groups is 1. The minimum absolute atomic E-state index is 0.0199. The first-order chi connectivity index (χ1) is 21.2. The Hall–Kier alpha value is -5.30. The Morgan fingerprint density at radius 1 is 0.932 bits per heavy atom. The van der Waals surface area contributed by atoms with Gasteiger partial charge in [-0.2, -0.15) is 5.10 Å². The van der Waals surface area contributed by atoms with Crippen molar-refractivity contribution in [2.45, 2.75) is 18.4 Å². The van der Waals surface area contributed by atoms with E-state index in [1.807, 2.05) is 6.92 Å². The monoisotopic (exact) mass is 620 g/mol. The zero-order valence-electron chi connectivity index (χ0n) is 24.4. The van der Waals surface area contributed by atoms with Crippen molar-refractivity contribution in [2.75, 3.05) is 31.7 Å². The van der Waals surface area contributed by atoms with E-state index < -0.39 is 22.5 Å². The number of nitrogens with zero attached hydrogens (tertiary/aromatic N) is 2. The minimum atomic E-state index is -4.14. The van der Waals surface area contributed by atoms with E-state index in [4.69, 9.17) is 18.6 Å². The summed E-state index contributed by atoms with van der Waals surface area (Å²) in [6.45, 7) is 1.38. The van der Waals surface area contributed by atoms with Gasteiger partial charge in [-0.25, -0.2) is 13.8 Å². The van der Waals surface area contributed by atoms with Crippen LogP contribution >= 0.6 is 0 Å². The van der Waals surface area contributed by atoms with Crippen molar-refractivity contribution in [1.29, 1.82) is 0 Å². The number of carbonyl (C=O) groups excluding carboxylic acids is 2. The molecule has 4 aromatic rings. The number of methoxy groups -OCH3 is 2. The van der Waals surface area contributed by atoms with Crippen LogP contribution in [0.25, 0.3) is 0 Å². The average molecular weight is 621 g/mol. The lowest BCUT2D eigenvalue weighted by Gasteiger charge is -2.24. The van der Waals surface area contributed by atoms with Crippen LogP contribution in [0.5, 0.6) is 17.2 Å². The molecule has 0 atom stereocenters. The van der Waals surface area contributed by atoms with Crippen LogP contribution in [-0.2, 0) is 26.2 Å². The number of hydrogen-bond acceptors (Lipinski definition) is 9. The number of sulfonamides is 1. The second-order valence-corrected chi connectivity index (χ2v) is 11.2. The molecule has 0 fully saturated rings. The van der Waals surface area contributed by atoms with Crippen LogP contribution in [-0.4, -0.2) is 53.8 Å². The highest BCUT2D eigenvalue weighted by atomic mass is 32.2. The van der Waals surface area contributed by atoms with E-state index in [1.54, 1.807) is 54.6 Å². The minimum Gasteiger partial charge on any atom is -0.493 e. The molecule has 13 heteroatoms. The predicted octanol–water partition coefficient (Wildman–Crippen LogP) is 3.65. The van der Waals surface area contributed by atoms with Crippen molar-refractivity contribution < 1.29 is 36.6 Å². The molecular formula is C31H32N4O8S. The third-order valence-corrected chi connectivity index (χ3v) is 8.03. The Labute approximate surface area is 255 Å². The van der Waals surface area contributed by atoms with Crippen LogP contribution in [0, 0.1) is 6.92 Å². The van der Waals surface area contributed by atoms with Crippen molar-refractivity contribution in [1.82, 2.24) is 10.7 Å². The molecule has 0 aliphatic rings. The molecule has 3 aromatic carbocycles. The first-order valence-electron chi connectivity index (χ1n) is 13.3. The Morgan fingerprint density at radius 2 is 1.66 bits per heavy atom. The summed E-state index contributed by atoms with van der Waals surface area (Å²) < 4.78 is 49.5. The van der Waals surface area contributed by atoms with E-state index in [0.29, 0.717) is 28.6 Å². The molecule has 0 saturated heterocycles. The van der Waals surface area contributed by atoms with Crippen LogP contribution in [0.4, 0.5) is 5.69 Å². The van der Waals surface area contributed by atoms with Crippen LogP contribution in [0.2, 0.25) is 0 Å². The van der Waals surface area contributed by atoms with Gasteiger partial charge in [0.25, 0.3) is 21.8 Å². The molecule has 1 aromatic heterocycles. The van der Waals surface area contributed by atoms with Gasteiger partial charge < -0.3 is 23.9 Å². The summed E-state index contributed by atoms with van der Waals surface area (Å²) in [5.41, 5.74) is 4.09. The normalized spacial score (nSPS) is 11.2. The Morgan fingerprint density at radius 3 is 2.32 bits per heavy atom. The molecule has 0 aliphatic heterocycles. The summed E-state index contributed by atoms with van der Waals surface area (Å²) >= 11 is 0. The Bertz CT molecular complexity index is 1690. The number of aryl methyl sites for hydroxylation is 1. The molecule has 1 heterocycles. The largest absolute Gasteiger partial charge is 0.493 e. The molecule has 0 aliphatic carbocycles. The number of ether oxygens (including phenoxy) is 3. The van der Waals surface area contributed by atoms with Gasteiger partial charge in [-0.1, -0.05) is 17.7 Å². The predicted molar refractivity (Wildman–Crippen MR) is 163 cm³/mol. The van der Waals surface area contributed by atoms with E-state index in [2.05, 4.69) is 15.8 Å². The fraction of sp³-hybridized carbons (Fsp3) is 0.194. The van der Waals surface area contributed by atoms with E-state index in [9.17, 15) is 18.0 Å². The third-order valence-electron chi connectivity index (χ3n) is 6.24. The smallest absolute Gasteiger partial charge is 0.264 e. The molecule has 0 unspecified atom stereocenters. The van der Waals surface area contributed by atoms with E-state index in [0.717, 1.165) is 9.87 Å². The zero-order chi connectivity index (χ0) is 31.5. The number of amides is 2. The molecule has 0 radical (unpaired) electrons. The molecule has 2 N–H and O–H groups in total. The van der Waals surface area contributed by atoms with Gasteiger partial charge >= 0.3 is 0 Å². The van der Waals surface area contributed by atoms with E-state index in [1.165, 1.54) is 51.0 Å². The lowest BCUT2D eigenvalue weighted by molar-refractivity contribution is -0.123. The molecule has 230 valence electrons. The maximum atomic E-state index is 13.6. The van der Waals surface area contributed by atoms with Crippen LogP contribution < -0.4 is 29.3 Å². The highest BCUT2D eigenvalue weighted by Gasteiger charge is 2.28. The molecule has 0 spiro atoms. The number of nitrogens with one attached hydrogen (secondary N) is 2. The van der Waals surface area contributed by atoms with Crippen LogP contribution in [0.3, 0.4) is 0 Å². The number of carbonyl (C=O) groups is 2. The van der Waals surface area contributed by atoms with E-state index >= 15 is 0 Å². The number of anilines is 1. The second-order valence-electron chi connectivity index (χ2n) is 9.37. The molecule has 44 heavy (non-hydrogen) atoms. The SMILES string of the molecule is COc1ccc(N(CC(=O)N/N=C\c2ccc(OCC(=O)NCc3ccco3)cc2)S(=O)(=O)c2ccc(C)cc2)cc1OC. The molecule has 12 nitrogen and oxygen atoms in total. The van der Waals surface area contributed by atoms with Crippen molar-refractivity contribution in [3.8, 4) is 17.2 Å². The summed E-state index contributed by atoms with van der Waals surface area (Å²) in [7, 11) is -1.24. The third kappa shape index (κ3) is 8.38. The average Bonchev–Trinajstić information content (AvgIpc) is 3.56. The zero-order valence-corrected chi connectivity index (χ0v) is 25.2. The number of furan rings is 1. The van der Waals surface area contributed by atoms with E-state index in [-0.39, 0.29) is 29.6 Å². The Balaban J connectivity index is 1.39. The van der Waals surface area contributed by atoms with Gasteiger partial charge in [0.05, 0.1) is 43.8 Å². The van der Waals surface area contributed by atoms with Crippen LogP contribution in [0.15, 0.2) is 99.5 Å². The van der Waals surface area contributed by atoms with Gasteiger partial charge in [0.1, 0.15) is 18.1 Å². The first-order valence-corrected chi connectivity index (χ1v) is 14.8. The van der Waals surface area contributed by atoms with Gasteiger partial charge in [0.2, 0.25) is 0 Å². The number of hydrogen-bond donors (Lipinski definition) is 2. The summed E-state index contributed by atoms with van der Waals surface area (Å²) in [6, 6.07) is 21.0. The number of benzene rings is 3. The van der Waals surface area contributed by atoms with Gasteiger partial charge in [0.15, 0.2) is 18.1 Å². The fourth-order valence-electron chi connectivity index (χ4n) is 3.93. The quantitative estimate of drug-likeness (QED) is 0.160. The van der Waals surface area contributed by atoms with Crippen LogP contribution in [0.1, 0.15) is 16.9 Å². The standard InChI is InChI=1S/C31H32N4O8S/c1-22-6-13-27(14-7-22)44(38,39)35(24-10-15-28(40-2)29(17-24)41-3)20-30(36)34-33-18-23-8-11-25(12-9-23)43-21-31(37)32-19-26-5-4-16-42-26/h4-18H,19-21H2,1-3H3,(H,32,37)(H,34,36)/b33-18-.